The van der Waals surface area contributed by atoms with Crippen molar-refractivity contribution in [2.24, 2.45) is 17.6 Å². The first kappa shape index (κ1) is 12.3. The summed E-state index contributed by atoms with van der Waals surface area (Å²) < 4.78 is 5.13. The van der Waals surface area contributed by atoms with E-state index in [9.17, 15) is 9.59 Å². The van der Waals surface area contributed by atoms with Gasteiger partial charge in [-0.1, -0.05) is 0 Å². The minimum atomic E-state index is -0.775. The molecule has 4 N–H and O–H groups in total. The summed E-state index contributed by atoms with van der Waals surface area (Å²) in [6.07, 6.45) is 1.88. The van der Waals surface area contributed by atoms with Crippen molar-refractivity contribution < 1.29 is 19.4 Å². The third kappa shape index (κ3) is 2.76. The topological polar surface area (TPSA) is 102 Å². The van der Waals surface area contributed by atoms with Crippen LogP contribution in [0.2, 0.25) is 0 Å². The largest absolute Gasteiger partial charge is 0.481 e. The van der Waals surface area contributed by atoms with Crippen LogP contribution in [0.5, 0.6) is 0 Å². The third-order valence-electron chi connectivity index (χ3n) is 3.59. The fourth-order valence-electron chi connectivity index (χ4n) is 2.49. The molecule has 1 amide bonds. The molecule has 96 valence electrons. The van der Waals surface area contributed by atoms with Gasteiger partial charge in [0.1, 0.15) is 0 Å². The number of ether oxygens (including phenoxy) is 1. The van der Waals surface area contributed by atoms with E-state index < -0.39 is 5.97 Å². The van der Waals surface area contributed by atoms with Gasteiger partial charge in [-0.15, -0.1) is 0 Å². The second kappa shape index (κ2) is 5.01. The lowest BCUT2D eigenvalue weighted by Crippen LogP contribution is -2.44. The lowest BCUT2D eigenvalue weighted by molar-refractivity contribution is -0.141. The Morgan fingerprint density at radius 3 is 2.59 bits per heavy atom. The second-order valence-electron chi connectivity index (χ2n) is 4.86. The van der Waals surface area contributed by atoms with Crippen LogP contribution in [0.15, 0.2) is 0 Å². The molecule has 4 atom stereocenters. The van der Waals surface area contributed by atoms with Gasteiger partial charge in [-0.3, -0.25) is 9.59 Å². The lowest BCUT2D eigenvalue weighted by atomic mass is 10.0. The van der Waals surface area contributed by atoms with Crippen molar-refractivity contribution in [1.29, 1.82) is 0 Å². The standard InChI is InChI=1S/C11H18N2O4/c12-9-5-17-4-8(9)10(14)13-7-2-1-6(3-7)11(15)16/h6-9H,1-5,12H2,(H,13,14)(H,15,16). The Labute approximate surface area is 99.5 Å². The summed E-state index contributed by atoms with van der Waals surface area (Å²) >= 11 is 0. The average Bonchev–Trinajstić information content (AvgIpc) is 2.86. The Bertz CT molecular complexity index is 321. The zero-order chi connectivity index (χ0) is 12.4. The molecule has 1 heterocycles. The molecule has 1 aliphatic carbocycles. The first-order valence-corrected chi connectivity index (χ1v) is 5.94. The number of aliphatic carboxylic acids is 1. The van der Waals surface area contributed by atoms with Crippen molar-refractivity contribution in [3.8, 4) is 0 Å². The number of carbonyl (C=O) groups is 2. The highest BCUT2D eigenvalue weighted by Gasteiger charge is 2.35. The second-order valence-corrected chi connectivity index (χ2v) is 4.86. The van der Waals surface area contributed by atoms with E-state index >= 15 is 0 Å². The maximum atomic E-state index is 11.9. The van der Waals surface area contributed by atoms with Crippen molar-refractivity contribution in [1.82, 2.24) is 5.32 Å². The molecule has 0 aromatic heterocycles. The molecule has 0 radical (unpaired) electrons. The molecule has 6 heteroatoms. The number of hydrogen-bond acceptors (Lipinski definition) is 4. The van der Waals surface area contributed by atoms with Crippen molar-refractivity contribution in [3.63, 3.8) is 0 Å². The van der Waals surface area contributed by atoms with Gasteiger partial charge in [-0.2, -0.15) is 0 Å². The van der Waals surface area contributed by atoms with Crippen LogP contribution in [-0.4, -0.2) is 42.3 Å². The van der Waals surface area contributed by atoms with Gasteiger partial charge >= 0.3 is 5.97 Å². The molecule has 1 saturated heterocycles. The fourth-order valence-corrected chi connectivity index (χ4v) is 2.49. The monoisotopic (exact) mass is 242 g/mol. The number of nitrogens with one attached hydrogen (secondary N) is 1. The van der Waals surface area contributed by atoms with Crippen LogP contribution in [-0.2, 0) is 14.3 Å². The summed E-state index contributed by atoms with van der Waals surface area (Å²) in [5, 5.41) is 11.7. The van der Waals surface area contributed by atoms with Gasteiger partial charge in [0.05, 0.1) is 25.0 Å². The number of carboxylic acids is 1. The Kier molecular flexibility index (Phi) is 3.63. The predicted molar refractivity (Wildman–Crippen MR) is 59.2 cm³/mol. The van der Waals surface area contributed by atoms with Crippen LogP contribution in [0.4, 0.5) is 0 Å². The van der Waals surface area contributed by atoms with E-state index in [0.29, 0.717) is 26.1 Å². The number of carbonyl (C=O) groups excluding carboxylic acids is 1. The number of amides is 1. The lowest BCUT2D eigenvalue weighted by Gasteiger charge is -2.17. The molecule has 0 bridgehead atoms. The van der Waals surface area contributed by atoms with Gasteiger partial charge in [0.15, 0.2) is 0 Å². The van der Waals surface area contributed by atoms with Crippen molar-refractivity contribution in [2.45, 2.75) is 31.3 Å². The minimum absolute atomic E-state index is 0.0311. The maximum Gasteiger partial charge on any atom is 0.306 e. The summed E-state index contributed by atoms with van der Waals surface area (Å²) in [6, 6.07) is -0.275. The zero-order valence-corrected chi connectivity index (χ0v) is 9.59. The molecule has 2 fully saturated rings. The van der Waals surface area contributed by atoms with E-state index in [2.05, 4.69) is 5.32 Å². The average molecular weight is 242 g/mol. The van der Waals surface area contributed by atoms with Gasteiger partial charge in [0, 0.05) is 12.1 Å². The van der Waals surface area contributed by atoms with E-state index in [-0.39, 0.29) is 29.8 Å². The Hall–Kier alpha value is -1.14. The summed E-state index contributed by atoms with van der Waals surface area (Å²) in [5.41, 5.74) is 5.75. The first-order chi connectivity index (χ1) is 8.08. The molecule has 6 nitrogen and oxygen atoms in total. The van der Waals surface area contributed by atoms with Crippen molar-refractivity contribution in [3.05, 3.63) is 0 Å². The molecule has 2 aliphatic rings. The Balaban J connectivity index is 1.82. The van der Waals surface area contributed by atoms with E-state index in [0.717, 1.165) is 6.42 Å². The molecule has 1 saturated carbocycles. The summed E-state index contributed by atoms with van der Waals surface area (Å²) in [7, 11) is 0. The van der Waals surface area contributed by atoms with Crippen LogP contribution in [0, 0.1) is 11.8 Å². The van der Waals surface area contributed by atoms with Crippen LogP contribution < -0.4 is 11.1 Å². The van der Waals surface area contributed by atoms with Gasteiger partial charge in [-0.25, -0.2) is 0 Å². The highest BCUT2D eigenvalue weighted by atomic mass is 16.5. The predicted octanol–water partition coefficient (Wildman–Crippen LogP) is -0.670. The molecule has 17 heavy (non-hydrogen) atoms. The normalized spacial score (nSPS) is 37.0. The van der Waals surface area contributed by atoms with Crippen molar-refractivity contribution in [2.75, 3.05) is 13.2 Å². The maximum absolute atomic E-state index is 11.9. The fraction of sp³-hybridized carbons (Fsp3) is 0.818. The molecule has 1 aliphatic heterocycles. The van der Waals surface area contributed by atoms with Crippen LogP contribution in [0.1, 0.15) is 19.3 Å². The molecule has 4 unspecified atom stereocenters. The van der Waals surface area contributed by atoms with Crippen LogP contribution in [0.3, 0.4) is 0 Å². The van der Waals surface area contributed by atoms with Gasteiger partial charge in [-0.05, 0) is 19.3 Å². The van der Waals surface area contributed by atoms with Crippen molar-refractivity contribution >= 4 is 11.9 Å². The number of carboxylic acid groups (broad SMARTS) is 1. The zero-order valence-electron chi connectivity index (χ0n) is 9.59. The number of nitrogens with two attached hydrogens (primary N) is 1. The van der Waals surface area contributed by atoms with E-state index in [1.54, 1.807) is 0 Å². The smallest absolute Gasteiger partial charge is 0.306 e. The highest BCUT2D eigenvalue weighted by Crippen LogP contribution is 2.26. The van der Waals surface area contributed by atoms with Gasteiger partial charge in [0.25, 0.3) is 0 Å². The number of rotatable bonds is 3. The van der Waals surface area contributed by atoms with E-state index in [4.69, 9.17) is 15.6 Å². The highest BCUT2D eigenvalue weighted by molar-refractivity contribution is 5.80. The summed E-state index contributed by atoms with van der Waals surface area (Å²) in [6.45, 7) is 0.780. The van der Waals surface area contributed by atoms with Gasteiger partial charge < -0.3 is 20.9 Å². The minimum Gasteiger partial charge on any atom is -0.481 e. The first-order valence-electron chi connectivity index (χ1n) is 5.94. The molecular formula is C11H18N2O4. The molecule has 0 aromatic carbocycles. The van der Waals surface area contributed by atoms with Crippen LogP contribution >= 0.6 is 0 Å². The van der Waals surface area contributed by atoms with Crippen LogP contribution in [0.25, 0.3) is 0 Å². The molecule has 0 aromatic rings. The van der Waals surface area contributed by atoms with E-state index in [1.807, 2.05) is 0 Å². The number of hydrogen-bond donors (Lipinski definition) is 3. The Morgan fingerprint density at radius 1 is 1.29 bits per heavy atom. The SMILES string of the molecule is NC1COCC1C(=O)NC1CCC(C(=O)O)C1. The third-order valence-corrected chi connectivity index (χ3v) is 3.59. The quantitative estimate of drug-likeness (QED) is 0.609. The Morgan fingerprint density at radius 2 is 2.06 bits per heavy atom. The summed E-state index contributed by atoms with van der Waals surface area (Å²) in [4.78, 5) is 22.7. The molecule has 0 spiro atoms. The van der Waals surface area contributed by atoms with E-state index in [1.165, 1.54) is 0 Å². The van der Waals surface area contributed by atoms with Gasteiger partial charge in [0.2, 0.25) is 5.91 Å². The summed E-state index contributed by atoms with van der Waals surface area (Å²) in [5.74, 6) is -1.50. The molecule has 2 rings (SSSR count). The molecular weight excluding hydrogens is 224 g/mol.